The van der Waals surface area contributed by atoms with Crippen molar-refractivity contribution in [2.24, 2.45) is 0 Å². The van der Waals surface area contributed by atoms with Crippen molar-refractivity contribution in [1.82, 2.24) is 15.1 Å². The highest BCUT2D eigenvalue weighted by atomic mass is 15.3. The van der Waals surface area contributed by atoms with Gasteiger partial charge in [-0.1, -0.05) is 18.2 Å². The number of aromatic nitrogens is 2. The van der Waals surface area contributed by atoms with Gasteiger partial charge < -0.3 is 5.32 Å². The molecule has 0 bridgehead atoms. The minimum atomic E-state index is 0.126. The molecule has 0 radical (unpaired) electrons. The van der Waals surface area contributed by atoms with Gasteiger partial charge in [-0.2, -0.15) is 5.10 Å². The Morgan fingerprint density at radius 2 is 1.71 bits per heavy atom. The van der Waals surface area contributed by atoms with Crippen molar-refractivity contribution in [3.05, 3.63) is 52.3 Å². The minimum absolute atomic E-state index is 0.126. The summed E-state index contributed by atoms with van der Waals surface area (Å²) in [5.74, 6) is 0. The van der Waals surface area contributed by atoms with Crippen LogP contribution in [0.15, 0.2) is 24.4 Å². The lowest BCUT2D eigenvalue weighted by molar-refractivity contribution is 0.423. The van der Waals surface area contributed by atoms with E-state index in [2.05, 4.69) is 81.0 Å². The molecule has 0 unspecified atom stereocenters. The highest BCUT2D eigenvalue weighted by Gasteiger charge is 2.12. The zero-order valence-corrected chi connectivity index (χ0v) is 14.1. The first-order valence-corrected chi connectivity index (χ1v) is 7.59. The quantitative estimate of drug-likeness (QED) is 0.927. The van der Waals surface area contributed by atoms with E-state index in [1.54, 1.807) is 0 Å². The van der Waals surface area contributed by atoms with Gasteiger partial charge in [0.25, 0.3) is 0 Å². The molecule has 0 saturated carbocycles. The smallest absolute Gasteiger partial charge is 0.0664 e. The normalized spacial score (nSPS) is 11.9. The average molecular weight is 285 g/mol. The van der Waals surface area contributed by atoms with Crippen LogP contribution in [0, 0.1) is 20.8 Å². The molecule has 3 heteroatoms. The van der Waals surface area contributed by atoms with Crippen molar-refractivity contribution in [3.8, 4) is 0 Å². The highest BCUT2D eigenvalue weighted by molar-refractivity contribution is 5.33. The van der Waals surface area contributed by atoms with E-state index in [4.69, 9.17) is 0 Å². The molecule has 3 nitrogen and oxygen atoms in total. The Balaban J connectivity index is 2.15. The Kier molecular flexibility index (Phi) is 4.52. The topological polar surface area (TPSA) is 29.9 Å². The van der Waals surface area contributed by atoms with Crippen molar-refractivity contribution in [3.63, 3.8) is 0 Å². The van der Waals surface area contributed by atoms with Gasteiger partial charge >= 0.3 is 0 Å². The fraction of sp³-hybridized carbons (Fsp3) is 0.500. The molecule has 0 fully saturated rings. The van der Waals surface area contributed by atoms with E-state index in [9.17, 15) is 0 Å². The number of benzene rings is 1. The summed E-state index contributed by atoms with van der Waals surface area (Å²) >= 11 is 0. The molecule has 0 aliphatic carbocycles. The highest BCUT2D eigenvalue weighted by Crippen LogP contribution is 2.16. The van der Waals surface area contributed by atoms with Gasteiger partial charge in [0.1, 0.15) is 0 Å². The van der Waals surface area contributed by atoms with Crippen LogP contribution in [-0.2, 0) is 13.1 Å². The van der Waals surface area contributed by atoms with Gasteiger partial charge in [-0.05, 0) is 58.2 Å². The fourth-order valence-electron chi connectivity index (χ4n) is 2.43. The Labute approximate surface area is 128 Å². The van der Waals surface area contributed by atoms with E-state index >= 15 is 0 Å². The van der Waals surface area contributed by atoms with Crippen molar-refractivity contribution in [1.29, 1.82) is 0 Å². The minimum Gasteiger partial charge on any atom is -0.308 e. The molecule has 2 rings (SSSR count). The number of aryl methyl sites for hydroxylation is 3. The second kappa shape index (κ2) is 6.02. The fourth-order valence-corrected chi connectivity index (χ4v) is 2.43. The maximum absolute atomic E-state index is 4.67. The molecule has 0 spiro atoms. The molecular formula is C18H27N3. The van der Waals surface area contributed by atoms with Gasteiger partial charge in [-0.3, -0.25) is 4.68 Å². The molecule has 0 atom stereocenters. The predicted octanol–water partition coefficient (Wildman–Crippen LogP) is 3.74. The second-order valence-corrected chi connectivity index (χ2v) is 6.91. The third-order valence-electron chi connectivity index (χ3n) is 3.82. The third kappa shape index (κ3) is 4.18. The first-order valence-electron chi connectivity index (χ1n) is 7.59. The van der Waals surface area contributed by atoms with E-state index in [1.807, 2.05) is 0 Å². The van der Waals surface area contributed by atoms with Crippen molar-refractivity contribution < 1.29 is 0 Å². The van der Waals surface area contributed by atoms with Gasteiger partial charge in [0.05, 0.1) is 12.2 Å². The van der Waals surface area contributed by atoms with Crippen LogP contribution < -0.4 is 5.32 Å². The Morgan fingerprint density at radius 1 is 1.10 bits per heavy atom. The first kappa shape index (κ1) is 15.8. The molecular weight excluding hydrogens is 258 g/mol. The summed E-state index contributed by atoms with van der Waals surface area (Å²) < 4.78 is 2.06. The Bertz CT molecular complexity index is 598. The predicted molar refractivity (Wildman–Crippen MR) is 88.6 cm³/mol. The van der Waals surface area contributed by atoms with Gasteiger partial charge in [0.2, 0.25) is 0 Å². The average Bonchev–Trinajstić information content (AvgIpc) is 2.71. The summed E-state index contributed by atoms with van der Waals surface area (Å²) in [6, 6.07) is 6.45. The van der Waals surface area contributed by atoms with E-state index in [0.29, 0.717) is 0 Å². The summed E-state index contributed by atoms with van der Waals surface area (Å²) in [6.45, 7) is 14.7. The van der Waals surface area contributed by atoms with Crippen molar-refractivity contribution >= 4 is 0 Å². The maximum Gasteiger partial charge on any atom is 0.0664 e. The number of rotatable bonds is 4. The second-order valence-electron chi connectivity index (χ2n) is 6.91. The van der Waals surface area contributed by atoms with Gasteiger partial charge in [-0.25, -0.2) is 0 Å². The van der Waals surface area contributed by atoms with E-state index < -0.39 is 0 Å². The SMILES string of the molecule is Cc1cccc(C)c1Cn1cc(CNC(C)(C)C)c(C)n1. The molecule has 0 saturated heterocycles. The third-order valence-corrected chi connectivity index (χ3v) is 3.82. The van der Waals surface area contributed by atoms with Gasteiger partial charge in [0.15, 0.2) is 0 Å². The molecule has 114 valence electrons. The molecule has 1 aromatic carbocycles. The standard InChI is InChI=1S/C18H27N3/c1-13-8-7-9-14(2)17(13)12-21-11-16(15(3)20-21)10-19-18(4,5)6/h7-9,11,19H,10,12H2,1-6H3. The number of hydrogen-bond donors (Lipinski definition) is 1. The Morgan fingerprint density at radius 3 is 2.29 bits per heavy atom. The lowest BCUT2D eigenvalue weighted by Crippen LogP contribution is -2.35. The summed E-state index contributed by atoms with van der Waals surface area (Å²) in [4.78, 5) is 0. The molecule has 0 aliphatic heterocycles. The largest absolute Gasteiger partial charge is 0.308 e. The molecule has 0 amide bonds. The molecule has 1 N–H and O–H groups in total. The molecule has 2 aromatic rings. The summed E-state index contributed by atoms with van der Waals surface area (Å²) in [5.41, 5.74) is 6.54. The lowest BCUT2D eigenvalue weighted by Gasteiger charge is -2.20. The zero-order valence-electron chi connectivity index (χ0n) is 14.1. The van der Waals surface area contributed by atoms with E-state index in [0.717, 1.165) is 18.8 Å². The number of nitrogens with one attached hydrogen (secondary N) is 1. The van der Waals surface area contributed by atoms with Crippen LogP contribution in [0.4, 0.5) is 0 Å². The van der Waals surface area contributed by atoms with Crippen LogP contribution in [0.5, 0.6) is 0 Å². The summed E-state index contributed by atoms with van der Waals surface area (Å²) in [7, 11) is 0. The van der Waals surface area contributed by atoms with Gasteiger partial charge in [0, 0.05) is 23.8 Å². The van der Waals surface area contributed by atoms with Crippen LogP contribution in [0.25, 0.3) is 0 Å². The van der Waals surface area contributed by atoms with Crippen LogP contribution in [0.3, 0.4) is 0 Å². The first-order chi connectivity index (χ1) is 9.76. The number of nitrogens with zero attached hydrogens (tertiary/aromatic N) is 2. The molecule has 21 heavy (non-hydrogen) atoms. The van der Waals surface area contributed by atoms with Crippen LogP contribution >= 0.6 is 0 Å². The Hall–Kier alpha value is -1.61. The van der Waals surface area contributed by atoms with E-state index in [1.165, 1.54) is 22.3 Å². The molecule has 1 aromatic heterocycles. The van der Waals surface area contributed by atoms with Crippen LogP contribution in [0.2, 0.25) is 0 Å². The van der Waals surface area contributed by atoms with E-state index in [-0.39, 0.29) is 5.54 Å². The van der Waals surface area contributed by atoms with Crippen molar-refractivity contribution in [2.75, 3.05) is 0 Å². The van der Waals surface area contributed by atoms with Crippen LogP contribution in [-0.4, -0.2) is 15.3 Å². The summed E-state index contributed by atoms with van der Waals surface area (Å²) in [5, 5.41) is 8.19. The van der Waals surface area contributed by atoms with Crippen LogP contribution in [0.1, 0.15) is 48.7 Å². The molecule has 0 aliphatic rings. The number of hydrogen-bond acceptors (Lipinski definition) is 2. The van der Waals surface area contributed by atoms with Gasteiger partial charge in [-0.15, -0.1) is 0 Å². The zero-order chi connectivity index (χ0) is 15.6. The molecule has 1 heterocycles. The maximum atomic E-state index is 4.67. The monoisotopic (exact) mass is 285 g/mol. The summed E-state index contributed by atoms with van der Waals surface area (Å²) in [6.07, 6.45) is 2.17. The van der Waals surface area contributed by atoms with Crippen molar-refractivity contribution in [2.45, 2.75) is 60.2 Å². The lowest BCUT2D eigenvalue weighted by atomic mass is 10.0.